The maximum absolute atomic E-state index is 12.5. The van der Waals surface area contributed by atoms with Crippen LogP contribution in [0.5, 0.6) is 0 Å². The van der Waals surface area contributed by atoms with Crippen molar-refractivity contribution in [3.05, 3.63) is 23.8 Å². The lowest BCUT2D eigenvalue weighted by molar-refractivity contribution is -0.133. The van der Waals surface area contributed by atoms with E-state index in [1.54, 1.807) is 6.08 Å². The predicted octanol–water partition coefficient (Wildman–Crippen LogP) is 3.72. The van der Waals surface area contributed by atoms with Crippen LogP contribution in [0.3, 0.4) is 0 Å². The Labute approximate surface area is 150 Å². The number of rotatable bonds is 2. The van der Waals surface area contributed by atoms with Crippen molar-refractivity contribution < 1.29 is 14.7 Å². The highest BCUT2D eigenvalue weighted by Gasteiger charge is 2.61. The van der Waals surface area contributed by atoms with Gasteiger partial charge >= 0.3 is 0 Å². The minimum absolute atomic E-state index is 0.0108. The lowest BCUT2D eigenvalue weighted by atomic mass is 9.47. The summed E-state index contributed by atoms with van der Waals surface area (Å²) >= 11 is 0. The van der Waals surface area contributed by atoms with Crippen LogP contribution in [-0.4, -0.2) is 23.3 Å². The summed E-state index contributed by atoms with van der Waals surface area (Å²) in [5.41, 5.74) is 1.37. The number of aliphatic hydroxyl groups is 1. The number of allylic oxidation sites excluding steroid dienone is 4. The van der Waals surface area contributed by atoms with E-state index >= 15 is 0 Å². The van der Waals surface area contributed by atoms with Crippen molar-refractivity contribution in [1.82, 2.24) is 0 Å². The molecule has 3 nitrogen and oxygen atoms in total. The van der Waals surface area contributed by atoms with Gasteiger partial charge in [0.25, 0.3) is 0 Å². The molecule has 0 spiro atoms. The average Bonchev–Trinajstić information content (AvgIpc) is 2.85. The van der Waals surface area contributed by atoms with E-state index < -0.39 is 0 Å². The molecule has 25 heavy (non-hydrogen) atoms. The monoisotopic (exact) mass is 342 g/mol. The van der Waals surface area contributed by atoms with Crippen LogP contribution in [0.15, 0.2) is 23.8 Å². The van der Waals surface area contributed by atoms with Crippen LogP contribution in [0.2, 0.25) is 0 Å². The van der Waals surface area contributed by atoms with Gasteiger partial charge in [-0.25, -0.2) is 0 Å². The van der Waals surface area contributed by atoms with Gasteiger partial charge in [0.1, 0.15) is 6.61 Å². The molecule has 0 aromatic rings. The first kappa shape index (κ1) is 17.2. The van der Waals surface area contributed by atoms with E-state index in [0.717, 1.165) is 32.1 Å². The molecule has 0 aromatic carbocycles. The smallest absolute Gasteiger partial charge is 0.178 e. The third-order valence-electron chi connectivity index (χ3n) is 8.40. The van der Waals surface area contributed by atoms with Crippen molar-refractivity contribution in [2.24, 2.45) is 40.4 Å². The minimum atomic E-state index is -0.319. The quantitative estimate of drug-likeness (QED) is 0.832. The van der Waals surface area contributed by atoms with Crippen LogP contribution < -0.4 is 0 Å². The summed E-state index contributed by atoms with van der Waals surface area (Å²) in [6.07, 6.45) is 11.2. The summed E-state index contributed by atoms with van der Waals surface area (Å²) in [4.78, 5) is 24.3. The second-order valence-corrected chi connectivity index (χ2v) is 9.46. The van der Waals surface area contributed by atoms with E-state index in [0.29, 0.717) is 23.7 Å². The molecule has 3 saturated carbocycles. The van der Waals surface area contributed by atoms with Gasteiger partial charge < -0.3 is 5.11 Å². The number of fused-ring (bicyclic) bond motifs is 5. The topological polar surface area (TPSA) is 54.4 Å². The lowest BCUT2D eigenvalue weighted by Gasteiger charge is -2.56. The van der Waals surface area contributed by atoms with Gasteiger partial charge in [-0.15, -0.1) is 0 Å². The van der Waals surface area contributed by atoms with E-state index in [9.17, 15) is 14.7 Å². The molecular formula is C22H30O3. The standard InChI is InChI=1S/C22H30O3/c1-13-10-18-16-5-4-14-11-15(24)6-8-21(14,2)17(16)7-9-22(18,3)20(13)19(25)12-23/h6,8,11,13,16-18,20,23H,4-5,7,9-10,12H2,1-3H3/t13?,16-,17?,18?,20?,21+,22+/m1/s1. The summed E-state index contributed by atoms with van der Waals surface area (Å²) in [5.74, 6) is 2.31. The Balaban J connectivity index is 1.68. The number of hydrogen-bond donors (Lipinski definition) is 1. The minimum Gasteiger partial charge on any atom is -0.389 e. The van der Waals surface area contributed by atoms with Gasteiger partial charge in [0.05, 0.1) is 0 Å². The average molecular weight is 342 g/mol. The van der Waals surface area contributed by atoms with Gasteiger partial charge in [-0.05, 0) is 73.3 Å². The normalized spacial score (nSPS) is 48.4. The predicted molar refractivity (Wildman–Crippen MR) is 96.7 cm³/mol. The van der Waals surface area contributed by atoms with Crippen molar-refractivity contribution in [2.45, 2.75) is 52.9 Å². The van der Waals surface area contributed by atoms with Crippen LogP contribution in [0.1, 0.15) is 52.9 Å². The summed E-state index contributed by atoms with van der Waals surface area (Å²) in [7, 11) is 0. The number of ketones is 2. The zero-order valence-corrected chi connectivity index (χ0v) is 15.6. The van der Waals surface area contributed by atoms with E-state index in [4.69, 9.17) is 0 Å². The van der Waals surface area contributed by atoms with Gasteiger partial charge in [0.2, 0.25) is 0 Å². The molecule has 1 N–H and O–H groups in total. The Morgan fingerprint density at radius 3 is 2.76 bits per heavy atom. The lowest BCUT2D eigenvalue weighted by Crippen LogP contribution is -2.50. The first-order chi connectivity index (χ1) is 11.8. The van der Waals surface area contributed by atoms with Crippen molar-refractivity contribution in [2.75, 3.05) is 6.61 Å². The third kappa shape index (κ3) is 2.27. The van der Waals surface area contributed by atoms with Crippen molar-refractivity contribution in [3.8, 4) is 0 Å². The first-order valence-electron chi connectivity index (χ1n) is 9.89. The molecule has 136 valence electrons. The largest absolute Gasteiger partial charge is 0.389 e. The first-order valence-corrected chi connectivity index (χ1v) is 9.89. The molecule has 0 bridgehead atoms. The van der Waals surface area contributed by atoms with Crippen molar-refractivity contribution >= 4 is 11.6 Å². The Hall–Kier alpha value is -1.22. The van der Waals surface area contributed by atoms with Crippen LogP contribution in [0, 0.1) is 40.4 Å². The van der Waals surface area contributed by atoms with Gasteiger partial charge in [0, 0.05) is 11.3 Å². The zero-order chi connectivity index (χ0) is 18.0. The van der Waals surface area contributed by atoms with Crippen molar-refractivity contribution in [3.63, 3.8) is 0 Å². The molecule has 0 aliphatic heterocycles. The second-order valence-electron chi connectivity index (χ2n) is 9.46. The SMILES string of the molecule is CC1CC2[C@@H]3CCC4=CC(=O)C=C[C@]4(C)C3CC[C@]2(C)C1C(=O)CO. The molecule has 4 rings (SSSR count). The molecule has 4 aliphatic rings. The highest BCUT2D eigenvalue weighted by atomic mass is 16.3. The molecule has 3 heteroatoms. The van der Waals surface area contributed by atoms with Gasteiger partial charge in [0.15, 0.2) is 11.6 Å². The van der Waals surface area contributed by atoms with Gasteiger partial charge in [-0.1, -0.05) is 32.4 Å². The molecule has 4 unspecified atom stereocenters. The van der Waals surface area contributed by atoms with E-state index in [2.05, 4.69) is 26.8 Å². The number of carbonyl (C=O) groups is 2. The maximum atomic E-state index is 12.5. The number of Topliss-reactive ketones (excluding diaryl/α,β-unsaturated/α-hetero) is 1. The fraction of sp³-hybridized carbons (Fsp3) is 0.727. The summed E-state index contributed by atoms with van der Waals surface area (Å²) in [5, 5.41) is 9.47. The molecule has 0 heterocycles. The van der Waals surface area contributed by atoms with E-state index in [1.165, 1.54) is 5.57 Å². The Bertz CT molecular complexity index is 675. The van der Waals surface area contributed by atoms with E-state index in [-0.39, 0.29) is 34.9 Å². The third-order valence-corrected chi connectivity index (χ3v) is 8.40. The molecule has 0 aromatic heterocycles. The number of carbonyl (C=O) groups excluding carboxylic acids is 2. The molecule has 3 fully saturated rings. The highest BCUT2D eigenvalue weighted by Crippen LogP contribution is 2.67. The maximum Gasteiger partial charge on any atom is 0.178 e. The molecule has 0 amide bonds. The molecule has 7 atom stereocenters. The Morgan fingerprint density at radius 1 is 1.28 bits per heavy atom. The van der Waals surface area contributed by atoms with E-state index in [1.807, 2.05) is 6.08 Å². The molecular weight excluding hydrogens is 312 g/mol. The van der Waals surface area contributed by atoms with Gasteiger partial charge in [-0.3, -0.25) is 9.59 Å². The summed E-state index contributed by atoms with van der Waals surface area (Å²) < 4.78 is 0. The fourth-order valence-electron chi connectivity index (χ4n) is 7.35. The molecule has 4 aliphatic carbocycles. The van der Waals surface area contributed by atoms with Crippen LogP contribution >= 0.6 is 0 Å². The molecule has 0 saturated heterocycles. The molecule has 0 radical (unpaired) electrons. The summed E-state index contributed by atoms with van der Waals surface area (Å²) in [6, 6.07) is 0. The Morgan fingerprint density at radius 2 is 2.04 bits per heavy atom. The summed E-state index contributed by atoms with van der Waals surface area (Å²) in [6.45, 7) is 6.51. The van der Waals surface area contributed by atoms with Crippen LogP contribution in [0.4, 0.5) is 0 Å². The zero-order valence-electron chi connectivity index (χ0n) is 15.6. The number of aliphatic hydroxyl groups excluding tert-OH is 1. The number of hydrogen-bond acceptors (Lipinski definition) is 3. The highest BCUT2D eigenvalue weighted by molar-refractivity contribution is 6.01. The van der Waals surface area contributed by atoms with Crippen molar-refractivity contribution in [1.29, 1.82) is 0 Å². The Kier molecular flexibility index (Phi) is 3.88. The second kappa shape index (κ2) is 5.64. The van der Waals surface area contributed by atoms with Crippen LogP contribution in [-0.2, 0) is 9.59 Å². The van der Waals surface area contributed by atoms with Gasteiger partial charge in [-0.2, -0.15) is 0 Å². The van der Waals surface area contributed by atoms with Crippen LogP contribution in [0.25, 0.3) is 0 Å². The fourth-order valence-corrected chi connectivity index (χ4v) is 7.35.